The van der Waals surface area contributed by atoms with Gasteiger partial charge in [0.25, 0.3) is 0 Å². The van der Waals surface area contributed by atoms with E-state index in [1.807, 2.05) is 6.92 Å². The van der Waals surface area contributed by atoms with E-state index in [0.29, 0.717) is 5.69 Å². The first-order valence-electron chi connectivity index (χ1n) is 5.95. The minimum atomic E-state index is -0.418. The number of nitrogens with one attached hydrogen (secondary N) is 1. The summed E-state index contributed by atoms with van der Waals surface area (Å²) in [5.74, 6) is -0.481. The van der Waals surface area contributed by atoms with Gasteiger partial charge >= 0.3 is 0 Å². The Morgan fingerprint density at radius 1 is 1.05 bits per heavy atom. The summed E-state index contributed by atoms with van der Waals surface area (Å²) in [4.78, 5) is 0. The maximum Gasteiger partial charge on any atom is 0.167 e. The average Bonchev–Trinajstić information content (AvgIpc) is 2.39. The van der Waals surface area contributed by atoms with Crippen LogP contribution in [0.3, 0.4) is 0 Å². The molecule has 0 saturated heterocycles. The molecule has 0 fully saturated rings. The molecule has 2 aromatic rings. The van der Waals surface area contributed by atoms with E-state index in [9.17, 15) is 8.78 Å². The minimum absolute atomic E-state index is 0.0478. The zero-order chi connectivity index (χ0) is 13.8. The second kappa shape index (κ2) is 5.69. The largest absolute Gasteiger partial charge is 0.494 e. The van der Waals surface area contributed by atoms with Crippen molar-refractivity contribution in [2.24, 2.45) is 0 Å². The lowest BCUT2D eigenvalue weighted by Crippen LogP contribution is -2.06. The summed E-state index contributed by atoms with van der Waals surface area (Å²) in [6.45, 7) is 1.93. The number of methoxy groups -OCH3 is 1. The molecule has 100 valence electrons. The predicted molar refractivity (Wildman–Crippen MR) is 71.4 cm³/mol. The van der Waals surface area contributed by atoms with E-state index in [-0.39, 0.29) is 17.6 Å². The molecule has 0 saturated carbocycles. The monoisotopic (exact) mass is 263 g/mol. The number of ether oxygens (including phenoxy) is 1. The van der Waals surface area contributed by atoms with Gasteiger partial charge in [-0.1, -0.05) is 12.1 Å². The summed E-state index contributed by atoms with van der Waals surface area (Å²) >= 11 is 0. The van der Waals surface area contributed by atoms with E-state index in [1.165, 1.54) is 25.3 Å². The lowest BCUT2D eigenvalue weighted by atomic mass is 10.1. The Bertz CT molecular complexity index is 555. The van der Waals surface area contributed by atoms with Crippen LogP contribution >= 0.6 is 0 Å². The van der Waals surface area contributed by atoms with Gasteiger partial charge in [-0.15, -0.1) is 0 Å². The number of halogens is 2. The van der Waals surface area contributed by atoms with Crippen LogP contribution in [0.25, 0.3) is 0 Å². The molecule has 0 aliphatic heterocycles. The molecule has 1 atom stereocenters. The van der Waals surface area contributed by atoms with E-state index in [0.717, 1.165) is 5.56 Å². The average molecular weight is 263 g/mol. The molecule has 0 bridgehead atoms. The fourth-order valence-electron chi connectivity index (χ4n) is 1.84. The van der Waals surface area contributed by atoms with Gasteiger partial charge < -0.3 is 10.1 Å². The van der Waals surface area contributed by atoms with Gasteiger partial charge in [-0.2, -0.15) is 0 Å². The first kappa shape index (κ1) is 13.3. The fourth-order valence-corrected chi connectivity index (χ4v) is 1.84. The molecule has 0 aliphatic carbocycles. The molecule has 0 aromatic heterocycles. The van der Waals surface area contributed by atoms with Crippen molar-refractivity contribution in [3.05, 3.63) is 59.7 Å². The van der Waals surface area contributed by atoms with Crippen molar-refractivity contribution >= 4 is 5.69 Å². The summed E-state index contributed by atoms with van der Waals surface area (Å²) in [7, 11) is 1.42. The highest BCUT2D eigenvalue weighted by Crippen LogP contribution is 2.24. The van der Waals surface area contributed by atoms with Crippen molar-refractivity contribution in [3.8, 4) is 5.75 Å². The highest BCUT2D eigenvalue weighted by atomic mass is 19.1. The smallest absolute Gasteiger partial charge is 0.167 e. The lowest BCUT2D eigenvalue weighted by Gasteiger charge is -2.16. The normalized spacial score (nSPS) is 12.0. The van der Waals surface area contributed by atoms with Crippen molar-refractivity contribution in [1.82, 2.24) is 0 Å². The third-order valence-corrected chi connectivity index (χ3v) is 2.90. The van der Waals surface area contributed by atoms with Gasteiger partial charge in [-0.3, -0.25) is 0 Å². The number of anilines is 1. The quantitative estimate of drug-likeness (QED) is 0.894. The summed E-state index contributed by atoms with van der Waals surface area (Å²) < 4.78 is 31.2. The van der Waals surface area contributed by atoms with Crippen molar-refractivity contribution in [2.45, 2.75) is 13.0 Å². The zero-order valence-electron chi connectivity index (χ0n) is 10.8. The second-order valence-corrected chi connectivity index (χ2v) is 4.27. The number of hydrogen-bond acceptors (Lipinski definition) is 2. The Balaban J connectivity index is 2.12. The maximum absolute atomic E-state index is 13.5. The first-order valence-corrected chi connectivity index (χ1v) is 5.95. The summed E-state index contributed by atoms with van der Waals surface area (Å²) in [5, 5.41) is 3.15. The van der Waals surface area contributed by atoms with Gasteiger partial charge in [0.2, 0.25) is 0 Å². The van der Waals surface area contributed by atoms with Crippen molar-refractivity contribution in [3.63, 3.8) is 0 Å². The molecule has 0 amide bonds. The number of benzene rings is 2. The highest BCUT2D eigenvalue weighted by Gasteiger charge is 2.08. The molecular weight excluding hydrogens is 248 g/mol. The SMILES string of the molecule is COc1ccc(NC(C)c2ccc(F)cc2)cc1F. The highest BCUT2D eigenvalue weighted by molar-refractivity contribution is 5.49. The van der Waals surface area contributed by atoms with Gasteiger partial charge in [0, 0.05) is 17.8 Å². The fraction of sp³-hybridized carbons (Fsp3) is 0.200. The van der Waals surface area contributed by atoms with Gasteiger partial charge in [-0.25, -0.2) is 8.78 Å². The molecule has 1 N–H and O–H groups in total. The minimum Gasteiger partial charge on any atom is -0.494 e. The predicted octanol–water partition coefficient (Wildman–Crippen LogP) is 4.15. The summed E-state index contributed by atoms with van der Waals surface area (Å²) in [5.41, 5.74) is 1.58. The number of rotatable bonds is 4. The van der Waals surface area contributed by atoms with Gasteiger partial charge in [0.15, 0.2) is 11.6 Å². The Morgan fingerprint density at radius 2 is 1.74 bits per heavy atom. The first-order chi connectivity index (χ1) is 9.10. The molecule has 2 aromatic carbocycles. The van der Waals surface area contributed by atoms with Crippen molar-refractivity contribution in [2.75, 3.05) is 12.4 Å². The Hall–Kier alpha value is -2.10. The molecule has 2 rings (SSSR count). The third-order valence-electron chi connectivity index (χ3n) is 2.90. The Kier molecular flexibility index (Phi) is 4.00. The van der Waals surface area contributed by atoms with Gasteiger partial charge in [-0.05, 0) is 36.8 Å². The molecule has 4 heteroatoms. The summed E-state index contributed by atoms with van der Waals surface area (Å²) in [6, 6.07) is 10.8. The molecular formula is C15H15F2NO. The van der Waals surface area contributed by atoms with Crippen LogP contribution in [0.1, 0.15) is 18.5 Å². The lowest BCUT2D eigenvalue weighted by molar-refractivity contribution is 0.386. The van der Waals surface area contributed by atoms with Crippen LogP contribution in [0.4, 0.5) is 14.5 Å². The van der Waals surface area contributed by atoms with Crippen LogP contribution in [-0.4, -0.2) is 7.11 Å². The van der Waals surface area contributed by atoms with Crippen LogP contribution in [0.5, 0.6) is 5.75 Å². The van der Waals surface area contributed by atoms with Gasteiger partial charge in [0.1, 0.15) is 5.82 Å². The van der Waals surface area contributed by atoms with Crippen molar-refractivity contribution < 1.29 is 13.5 Å². The van der Waals surface area contributed by atoms with Gasteiger partial charge in [0.05, 0.1) is 7.11 Å². The van der Waals surface area contributed by atoms with Crippen LogP contribution in [0.2, 0.25) is 0 Å². The van der Waals surface area contributed by atoms with E-state index in [4.69, 9.17) is 4.74 Å². The molecule has 0 heterocycles. The van der Waals surface area contributed by atoms with Crippen LogP contribution in [-0.2, 0) is 0 Å². The van der Waals surface area contributed by atoms with E-state index < -0.39 is 5.82 Å². The Morgan fingerprint density at radius 3 is 2.32 bits per heavy atom. The third kappa shape index (κ3) is 3.22. The molecule has 0 radical (unpaired) electrons. The van der Waals surface area contributed by atoms with Crippen molar-refractivity contribution in [1.29, 1.82) is 0 Å². The van der Waals surface area contributed by atoms with Crippen LogP contribution in [0, 0.1) is 11.6 Å². The van der Waals surface area contributed by atoms with Crippen LogP contribution < -0.4 is 10.1 Å². The molecule has 19 heavy (non-hydrogen) atoms. The molecule has 0 aliphatic rings. The van der Waals surface area contributed by atoms with Crippen LogP contribution in [0.15, 0.2) is 42.5 Å². The zero-order valence-corrected chi connectivity index (χ0v) is 10.8. The molecule has 2 nitrogen and oxygen atoms in total. The van der Waals surface area contributed by atoms with E-state index in [2.05, 4.69) is 5.32 Å². The standard InChI is InChI=1S/C15H15F2NO/c1-10(11-3-5-12(16)6-4-11)18-13-7-8-15(19-2)14(17)9-13/h3-10,18H,1-2H3. The van der Waals surface area contributed by atoms with E-state index >= 15 is 0 Å². The maximum atomic E-state index is 13.5. The Labute approximate surface area is 111 Å². The summed E-state index contributed by atoms with van der Waals surface area (Å²) in [6.07, 6.45) is 0. The molecule has 1 unspecified atom stereocenters. The second-order valence-electron chi connectivity index (χ2n) is 4.27. The van der Waals surface area contributed by atoms with E-state index in [1.54, 1.807) is 24.3 Å². The molecule has 0 spiro atoms. The topological polar surface area (TPSA) is 21.3 Å². The number of hydrogen-bond donors (Lipinski definition) is 1.